The lowest BCUT2D eigenvalue weighted by atomic mass is 10.1. The van der Waals surface area contributed by atoms with Crippen LogP contribution >= 0.6 is 12.4 Å². The number of nitrogens with zero attached hydrogens (tertiary/aromatic N) is 1. The number of nitrogens with one attached hydrogen (secondary N) is 1. The number of carbonyl (C=O) groups is 1. The third-order valence-electron chi connectivity index (χ3n) is 3.07. The van der Waals surface area contributed by atoms with Crippen molar-refractivity contribution in [3.05, 3.63) is 35.1 Å². The summed E-state index contributed by atoms with van der Waals surface area (Å²) in [6, 6.07) is 4.95. The van der Waals surface area contributed by atoms with E-state index in [1.54, 1.807) is 24.0 Å². The largest absolute Gasteiger partial charge is 0.336 e. The van der Waals surface area contributed by atoms with Gasteiger partial charge in [0.05, 0.1) is 0 Å². The number of carbonyl (C=O) groups excluding carboxylic acids is 1. The van der Waals surface area contributed by atoms with E-state index in [0.717, 1.165) is 6.54 Å². The second-order valence-corrected chi connectivity index (χ2v) is 4.57. The van der Waals surface area contributed by atoms with Crippen molar-refractivity contribution >= 4 is 18.3 Å². The maximum atomic E-state index is 13.4. The zero-order valence-electron chi connectivity index (χ0n) is 10.6. The molecule has 1 N–H and O–H groups in total. The zero-order chi connectivity index (χ0) is 12.4. The number of amides is 1. The summed E-state index contributed by atoms with van der Waals surface area (Å²) in [4.78, 5) is 13.9. The Morgan fingerprint density at radius 3 is 2.83 bits per heavy atom. The molecule has 1 amide bonds. The van der Waals surface area contributed by atoms with Crippen LogP contribution in [0.2, 0.25) is 0 Å². The van der Waals surface area contributed by atoms with Crippen LogP contribution in [0, 0.1) is 12.7 Å². The van der Waals surface area contributed by atoms with Gasteiger partial charge in [-0.15, -0.1) is 12.4 Å². The van der Waals surface area contributed by atoms with E-state index in [9.17, 15) is 9.18 Å². The van der Waals surface area contributed by atoms with Crippen molar-refractivity contribution in [1.82, 2.24) is 10.2 Å². The Morgan fingerprint density at radius 2 is 2.22 bits per heavy atom. The van der Waals surface area contributed by atoms with Crippen LogP contribution in [0.1, 0.15) is 22.8 Å². The molecule has 1 atom stereocenters. The Kier molecular flexibility index (Phi) is 5.11. The first-order valence-corrected chi connectivity index (χ1v) is 5.87. The molecule has 1 aromatic rings. The molecule has 1 fully saturated rings. The van der Waals surface area contributed by atoms with E-state index in [-0.39, 0.29) is 24.1 Å². The Labute approximate surface area is 113 Å². The Morgan fingerprint density at radius 1 is 1.50 bits per heavy atom. The fraction of sp³-hybridized carbons (Fsp3) is 0.462. The molecule has 1 aliphatic rings. The minimum atomic E-state index is -0.320. The Bertz CT molecular complexity index is 439. The van der Waals surface area contributed by atoms with E-state index < -0.39 is 0 Å². The number of piperazine rings is 1. The summed E-state index contributed by atoms with van der Waals surface area (Å²) in [5, 5.41) is 3.27. The van der Waals surface area contributed by atoms with Gasteiger partial charge in [0.25, 0.3) is 5.91 Å². The Hall–Kier alpha value is -1.13. The number of hydrogen-bond donors (Lipinski definition) is 1. The van der Waals surface area contributed by atoms with Gasteiger partial charge in [-0.25, -0.2) is 4.39 Å². The van der Waals surface area contributed by atoms with Gasteiger partial charge >= 0.3 is 0 Å². The topological polar surface area (TPSA) is 32.3 Å². The van der Waals surface area contributed by atoms with E-state index in [0.29, 0.717) is 30.3 Å². The molecule has 0 saturated carbocycles. The lowest BCUT2D eigenvalue weighted by Gasteiger charge is -2.32. The van der Waals surface area contributed by atoms with Crippen molar-refractivity contribution in [3.63, 3.8) is 0 Å². The van der Waals surface area contributed by atoms with Crippen molar-refractivity contribution in [3.8, 4) is 0 Å². The third-order valence-corrected chi connectivity index (χ3v) is 3.07. The molecule has 1 aliphatic heterocycles. The molecule has 0 radical (unpaired) electrons. The first kappa shape index (κ1) is 14.9. The molecular weight excluding hydrogens is 255 g/mol. The first-order chi connectivity index (χ1) is 8.08. The number of rotatable bonds is 1. The molecule has 2 rings (SSSR count). The van der Waals surface area contributed by atoms with Crippen LogP contribution in [-0.4, -0.2) is 36.5 Å². The van der Waals surface area contributed by atoms with Gasteiger partial charge in [-0.1, -0.05) is 6.07 Å². The molecule has 0 spiro atoms. The van der Waals surface area contributed by atoms with Gasteiger partial charge in [0.15, 0.2) is 0 Å². The SMILES string of the molecule is Cc1ccc(C(=O)N2CCN[C@@H](C)C2)cc1F.Cl. The molecule has 100 valence electrons. The highest BCUT2D eigenvalue weighted by atomic mass is 35.5. The van der Waals surface area contributed by atoms with Crippen molar-refractivity contribution in [1.29, 1.82) is 0 Å². The van der Waals surface area contributed by atoms with Gasteiger partial charge in [0.2, 0.25) is 0 Å². The third kappa shape index (κ3) is 3.21. The molecule has 0 unspecified atom stereocenters. The van der Waals surface area contributed by atoms with Gasteiger partial charge in [0, 0.05) is 31.2 Å². The average molecular weight is 273 g/mol. The normalized spacial score (nSPS) is 19.3. The molecule has 18 heavy (non-hydrogen) atoms. The number of halogens is 2. The summed E-state index contributed by atoms with van der Waals surface area (Å²) in [5.41, 5.74) is 0.998. The maximum absolute atomic E-state index is 13.4. The fourth-order valence-corrected chi connectivity index (χ4v) is 2.03. The molecule has 1 saturated heterocycles. The van der Waals surface area contributed by atoms with Crippen LogP contribution in [0.5, 0.6) is 0 Å². The highest BCUT2D eigenvalue weighted by Gasteiger charge is 2.21. The van der Waals surface area contributed by atoms with Crippen LogP contribution in [0.3, 0.4) is 0 Å². The van der Waals surface area contributed by atoms with E-state index in [1.807, 2.05) is 6.92 Å². The molecule has 0 aliphatic carbocycles. The molecule has 0 aromatic heterocycles. The Balaban J connectivity index is 0.00000162. The lowest BCUT2D eigenvalue weighted by Crippen LogP contribution is -2.51. The predicted molar refractivity (Wildman–Crippen MR) is 71.8 cm³/mol. The molecule has 1 heterocycles. The lowest BCUT2D eigenvalue weighted by molar-refractivity contribution is 0.0708. The second kappa shape index (κ2) is 6.16. The van der Waals surface area contributed by atoms with Gasteiger partial charge in [0.1, 0.15) is 5.82 Å². The summed E-state index contributed by atoms with van der Waals surface area (Å²) in [5.74, 6) is -0.406. The summed E-state index contributed by atoms with van der Waals surface area (Å²) >= 11 is 0. The van der Waals surface area contributed by atoms with Crippen LogP contribution in [0.25, 0.3) is 0 Å². The van der Waals surface area contributed by atoms with Crippen molar-refractivity contribution < 1.29 is 9.18 Å². The fourth-order valence-electron chi connectivity index (χ4n) is 2.03. The van der Waals surface area contributed by atoms with Gasteiger partial charge in [-0.3, -0.25) is 4.79 Å². The number of benzene rings is 1. The van der Waals surface area contributed by atoms with Crippen LogP contribution in [-0.2, 0) is 0 Å². The van der Waals surface area contributed by atoms with Crippen molar-refractivity contribution in [2.24, 2.45) is 0 Å². The minimum absolute atomic E-state index is 0. The van der Waals surface area contributed by atoms with Gasteiger partial charge in [-0.2, -0.15) is 0 Å². The standard InChI is InChI=1S/C13H17FN2O.ClH/c1-9-3-4-11(7-12(9)14)13(17)16-6-5-15-10(2)8-16;/h3-4,7,10,15H,5-6,8H2,1-2H3;1H/t10-;/m0./s1. The number of aryl methyl sites for hydroxylation is 1. The maximum Gasteiger partial charge on any atom is 0.254 e. The van der Waals surface area contributed by atoms with Crippen molar-refractivity contribution in [2.45, 2.75) is 19.9 Å². The van der Waals surface area contributed by atoms with Crippen molar-refractivity contribution in [2.75, 3.05) is 19.6 Å². The predicted octanol–water partition coefficient (Wildman–Crippen LogP) is 1.99. The summed E-state index contributed by atoms with van der Waals surface area (Å²) in [7, 11) is 0. The number of hydrogen-bond acceptors (Lipinski definition) is 2. The van der Waals surface area contributed by atoms with E-state index in [4.69, 9.17) is 0 Å². The van der Waals surface area contributed by atoms with Gasteiger partial charge in [-0.05, 0) is 31.5 Å². The van der Waals surface area contributed by atoms with E-state index in [2.05, 4.69) is 5.32 Å². The average Bonchev–Trinajstić information content (AvgIpc) is 2.32. The van der Waals surface area contributed by atoms with Crippen LogP contribution in [0.15, 0.2) is 18.2 Å². The zero-order valence-corrected chi connectivity index (χ0v) is 11.4. The molecule has 3 nitrogen and oxygen atoms in total. The summed E-state index contributed by atoms with van der Waals surface area (Å²) < 4.78 is 13.4. The molecule has 1 aromatic carbocycles. The van der Waals surface area contributed by atoms with Gasteiger partial charge < -0.3 is 10.2 Å². The monoisotopic (exact) mass is 272 g/mol. The second-order valence-electron chi connectivity index (χ2n) is 4.57. The summed E-state index contributed by atoms with van der Waals surface area (Å²) in [6.07, 6.45) is 0. The summed E-state index contributed by atoms with van der Waals surface area (Å²) in [6.45, 7) is 5.87. The molecular formula is C13H18ClFN2O. The van der Waals surface area contributed by atoms with Crippen LogP contribution in [0.4, 0.5) is 4.39 Å². The quantitative estimate of drug-likeness (QED) is 0.848. The highest BCUT2D eigenvalue weighted by Crippen LogP contribution is 2.12. The van der Waals surface area contributed by atoms with E-state index >= 15 is 0 Å². The molecule has 0 bridgehead atoms. The van der Waals surface area contributed by atoms with Crippen LogP contribution < -0.4 is 5.32 Å². The van der Waals surface area contributed by atoms with E-state index in [1.165, 1.54) is 6.07 Å². The smallest absolute Gasteiger partial charge is 0.254 e. The first-order valence-electron chi connectivity index (χ1n) is 5.87. The highest BCUT2D eigenvalue weighted by molar-refractivity contribution is 5.94. The minimum Gasteiger partial charge on any atom is -0.336 e. The molecule has 5 heteroatoms.